The Morgan fingerprint density at radius 1 is 0.975 bits per heavy atom. The van der Waals surface area contributed by atoms with Gasteiger partial charge < -0.3 is 26.4 Å². The van der Waals surface area contributed by atoms with Crippen molar-refractivity contribution in [2.75, 3.05) is 6.54 Å². The Bertz CT molecular complexity index is 1260. The Balaban J connectivity index is 1.60. The van der Waals surface area contributed by atoms with Crippen LogP contribution in [0.2, 0.25) is 0 Å². The number of allylic oxidation sites excluding steroid dienone is 3. The van der Waals surface area contributed by atoms with E-state index >= 15 is 0 Å². The highest BCUT2D eigenvalue weighted by Gasteiger charge is 2.30. The van der Waals surface area contributed by atoms with Crippen molar-refractivity contribution >= 4 is 23.6 Å². The molecule has 0 bridgehead atoms. The van der Waals surface area contributed by atoms with Gasteiger partial charge in [0.2, 0.25) is 23.6 Å². The first-order valence-electron chi connectivity index (χ1n) is 13.4. The number of hydrogen-bond acceptors (Lipinski definition) is 5. The van der Waals surface area contributed by atoms with Crippen molar-refractivity contribution in [2.45, 2.75) is 52.1 Å². The van der Waals surface area contributed by atoms with E-state index in [9.17, 15) is 19.2 Å². The lowest BCUT2D eigenvalue weighted by molar-refractivity contribution is -0.134. The van der Waals surface area contributed by atoms with Crippen molar-refractivity contribution in [1.82, 2.24) is 16.0 Å². The first-order valence-corrected chi connectivity index (χ1v) is 13.4. The molecule has 0 aliphatic heterocycles. The summed E-state index contributed by atoms with van der Waals surface area (Å²) >= 11 is 0. The number of amides is 4. The Kier molecular flexibility index (Phi) is 11.1. The third-order valence-corrected chi connectivity index (χ3v) is 6.46. The largest absolute Gasteiger partial charge is 0.457 e. The van der Waals surface area contributed by atoms with E-state index in [-0.39, 0.29) is 24.2 Å². The number of hydrogen-bond donors (Lipinski definition) is 4. The average Bonchev–Trinajstić information content (AvgIpc) is 2.91. The molecule has 212 valence electrons. The van der Waals surface area contributed by atoms with Crippen molar-refractivity contribution in [3.8, 4) is 11.5 Å². The van der Waals surface area contributed by atoms with Crippen LogP contribution in [0.3, 0.4) is 0 Å². The van der Waals surface area contributed by atoms with Gasteiger partial charge in [-0.05, 0) is 55.0 Å². The molecule has 3 atom stereocenters. The van der Waals surface area contributed by atoms with Gasteiger partial charge in [0.05, 0.1) is 12.8 Å². The predicted octanol–water partition coefficient (Wildman–Crippen LogP) is 3.16. The third-order valence-electron chi connectivity index (χ3n) is 6.46. The molecule has 2 aromatic rings. The van der Waals surface area contributed by atoms with Crippen molar-refractivity contribution in [3.05, 3.63) is 84.0 Å². The van der Waals surface area contributed by atoms with Gasteiger partial charge in [-0.3, -0.25) is 19.2 Å². The lowest BCUT2D eigenvalue weighted by Gasteiger charge is -2.26. The molecule has 4 amide bonds. The van der Waals surface area contributed by atoms with E-state index in [2.05, 4.69) is 28.1 Å². The van der Waals surface area contributed by atoms with Crippen LogP contribution >= 0.6 is 0 Å². The molecule has 3 rings (SSSR count). The molecule has 0 radical (unpaired) electrons. The summed E-state index contributed by atoms with van der Waals surface area (Å²) < 4.78 is 5.82. The minimum atomic E-state index is -1.22. The topological polar surface area (TPSA) is 140 Å². The molecule has 9 nitrogen and oxygen atoms in total. The smallest absolute Gasteiger partial charge is 0.243 e. The van der Waals surface area contributed by atoms with E-state index in [1.54, 1.807) is 24.3 Å². The molecule has 40 heavy (non-hydrogen) atoms. The first-order chi connectivity index (χ1) is 19.1. The lowest BCUT2D eigenvalue weighted by atomic mass is 9.96. The van der Waals surface area contributed by atoms with Gasteiger partial charge in [0.15, 0.2) is 0 Å². The second-order valence-electron chi connectivity index (χ2n) is 10.3. The number of para-hydroxylation sites is 1. The average molecular weight is 547 g/mol. The Labute approximate surface area is 235 Å². The van der Waals surface area contributed by atoms with Gasteiger partial charge >= 0.3 is 0 Å². The normalized spacial score (nSPS) is 15.9. The number of rotatable bonds is 13. The zero-order chi connectivity index (χ0) is 29.1. The number of carbonyl (C=O) groups excluding carboxylic acids is 4. The summed E-state index contributed by atoms with van der Waals surface area (Å²) in [5.41, 5.74) is 7.21. The molecule has 0 saturated heterocycles. The molecular weight excluding hydrogens is 508 g/mol. The monoisotopic (exact) mass is 546 g/mol. The SMILES string of the molecule is CC1=CCC(CNC(=O)[C@@H](NC(=O)C(CC(N)=O)NC(=O)Cc2cccc(Oc3ccccc3)c2)C(C)C)C=C1. The zero-order valence-corrected chi connectivity index (χ0v) is 23.2. The Morgan fingerprint density at radius 2 is 1.70 bits per heavy atom. The predicted molar refractivity (Wildman–Crippen MR) is 153 cm³/mol. The summed E-state index contributed by atoms with van der Waals surface area (Å²) in [6.45, 7) is 6.08. The lowest BCUT2D eigenvalue weighted by Crippen LogP contribution is -2.56. The molecule has 0 saturated carbocycles. The molecule has 0 aromatic heterocycles. The van der Waals surface area contributed by atoms with Gasteiger partial charge in [0, 0.05) is 6.54 Å². The van der Waals surface area contributed by atoms with Crippen molar-refractivity contribution in [3.63, 3.8) is 0 Å². The maximum Gasteiger partial charge on any atom is 0.243 e. The van der Waals surface area contributed by atoms with Crippen molar-refractivity contribution < 1.29 is 23.9 Å². The van der Waals surface area contributed by atoms with Gasteiger partial charge in [-0.15, -0.1) is 0 Å². The highest BCUT2D eigenvalue weighted by Crippen LogP contribution is 2.22. The van der Waals surface area contributed by atoms with Gasteiger partial charge in [-0.2, -0.15) is 0 Å². The number of benzene rings is 2. The second kappa shape index (κ2) is 14.7. The van der Waals surface area contributed by atoms with Gasteiger partial charge in [0.25, 0.3) is 0 Å². The summed E-state index contributed by atoms with van der Waals surface area (Å²) in [6, 6.07) is 14.2. The summed E-state index contributed by atoms with van der Waals surface area (Å²) in [7, 11) is 0. The Morgan fingerprint density at radius 3 is 2.35 bits per heavy atom. The minimum absolute atomic E-state index is 0.0501. The van der Waals surface area contributed by atoms with E-state index < -0.39 is 36.2 Å². The molecule has 5 N–H and O–H groups in total. The standard InChI is InChI=1S/C31H38N4O5/c1-20(2)29(31(39)33-19-22-14-12-21(3)13-15-22)35-30(38)26(18-27(32)36)34-28(37)17-23-8-7-11-25(16-23)40-24-9-5-4-6-10-24/h4-14,16,20,22,26,29H,15,17-19H2,1-3H3,(H2,32,36)(H,33,39)(H,34,37)(H,35,38)/t22?,26?,29-/m0/s1. The fourth-order valence-corrected chi connectivity index (χ4v) is 4.24. The van der Waals surface area contributed by atoms with Gasteiger partial charge in [0.1, 0.15) is 23.6 Å². The summed E-state index contributed by atoms with van der Waals surface area (Å²) in [4.78, 5) is 50.6. The highest BCUT2D eigenvalue weighted by atomic mass is 16.5. The molecule has 2 unspecified atom stereocenters. The van der Waals surface area contributed by atoms with E-state index in [1.807, 2.05) is 57.2 Å². The molecule has 0 fully saturated rings. The maximum absolute atomic E-state index is 13.1. The molecule has 9 heteroatoms. The quantitative estimate of drug-likeness (QED) is 0.306. The maximum atomic E-state index is 13.1. The second-order valence-corrected chi connectivity index (χ2v) is 10.3. The Hall–Kier alpha value is -4.40. The van der Waals surface area contributed by atoms with E-state index in [0.29, 0.717) is 23.6 Å². The van der Waals surface area contributed by atoms with Crippen molar-refractivity contribution in [1.29, 1.82) is 0 Å². The number of carbonyl (C=O) groups is 4. The fraction of sp³-hybridized carbons (Fsp3) is 0.355. The molecule has 1 aliphatic rings. The third kappa shape index (κ3) is 9.72. The van der Waals surface area contributed by atoms with Crippen LogP contribution in [0.25, 0.3) is 0 Å². The summed E-state index contributed by atoms with van der Waals surface area (Å²) in [5, 5.41) is 8.20. The van der Waals surface area contributed by atoms with Crippen LogP contribution in [0, 0.1) is 11.8 Å². The number of ether oxygens (including phenoxy) is 1. The van der Waals surface area contributed by atoms with Crippen LogP contribution in [0.4, 0.5) is 0 Å². The van der Waals surface area contributed by atoms with Gasteiger partial charge in [-0.25, -0.2) is 0 Å². The summed E-state index contributed by atoms with van der Waals surface area (Å²) in [6.07, 6.45) is 6.56. The van der Waals surface area contributed by atoms with Crippen LogP contribution in [0.1, 0.15) is 39.2 Å². The molecular formula is C31H38N4O5. The molecule has 0 heterocycles. The van der Waals surface area contributed by atoms with Crippen molar-refractivity contribution in [2.24, 2.45) is 17.6 Å². The zero-order valence-electron chi connectivity index (χ0n) is 23.2. The molecule has 1 aliphatic carbocycles. The number of primary amides is 1. The van der Waals surface area contributed by atoms with E-state index in [1.165, 1.54) is 5.57 Å². The molecule has 2 aromatic carbocycles. The van der Waals surface area contributed by atoms with Crippen LogP contribution in [0.15, 0.2) is 78.4 Å². The van der Waals surface area contributed by atoms with E-state index in [0.717, 1.165) is 6.42 Å². The number of nitrogens with one attached hydrogen (secondary N) is 3. The van der Waals surface area contributed by atoms with Crippen LogP contribution in [-0.4, -0.2) is 42.3 Å². The van der Waals surface area contributed by atoms with E-state index in [4.69, 9.17) is 10.5 Å². The fourth-order valence-electron chi connectivity index (χ4n) is 4.24. The summed E-state index contributed by atoms with van der Waals surface area (Å²) in [5.74, 6) is -1.05. The minimum Gasteiger partial charge on any atom is -0.457 e. The van der Waals surface area contributed by atoms with Crippen LogP contribution in [-0.2, 0) is 25.6 Å². The van der Waals surface area contributed by atoms with Crippen LogP contribution < -0.4 is 26.4 Å². The van der Waals surface area contributed by atoms with Crippen LogP contribution in [0.5, 0.6) is 11.5 Å². The number of nitrogens with two attached hydrogens (primary N) is 1. The first kappa shape index (κ1) is 30.1. The molecule has 0 spiro atoms. The van der Waals surface area contributed by atoms with Gasteiger partial charge in [-0.1, -0.05) is 68.0 Å². The highest BCUT2D eigenvalue weighted by molar-refractivity contribution is 5.95.